The summed E-state index contributed by atoms with van der Waals surface area (Å²) in [6, 6.07) is 18.1. The van der Waals surface area contributed by atoms with Crippen LogP contribution in [0.25, 0.3) is 11.1 Å². The Bertz CT molecular complexity index is 1080. The number of hydrogen-bond donors (Lipinski definition) is 2. The van der Waals surface area contributed by atoms with Gasteiger partial charge in [0.05, 0.1) is 6.54 Å². The lowest BCUT2D eigenvalue weighted by molar-refractivity contribution is -0.127. The predicted molar refractivity (Wildman–Crippen MR) is 132 cm³/mol. The van der Waals surface area contributed by atoms with E-state index in [4.69, 9.17) is 4.42 Å². The van der Waals surface area contributed by atoms with Crippen molar-refractivity contribution in [1.29, 1.82) is 0 Å². The number of oxazole rings is 1. The molecule has 8 heteroatoms. The molecule has 0 aliphatic carbocycles. The second kappa shape index (κ2) is 10.3. The largest absolute Gasteiger partial charge is 0.423 e. The standard InChI is InChI=1S/C26H31N5O3/c32-24(27-20-6-2-1-3-7-20)18-30-14-12-21(13-15-30)28-25(33)19-10-16-31(17-11-19)26-29-22-8-4-5-9-23(22)34-26/h1-9,19,21H,10-18H2,(H,27,32)(H,28,33). The number of rotatable bonds is 6. The van der Waals surface area contributed by atoms with Crippen LogP contribution in [-0.2, 0) is 9.59 Å². The first kappa shape index (κ1) is 22.4. The first-order valence-corrected chi connectivity index (χ1v) is 12.1. The number of nitrogens with zero attached hydrogens (tertiary/aromatic N) is 3. The molecule has 2 aliphatic heterocycles. The van der Waals surface area contributed by atoms with Gasteiger partial charge in [-0.2, -0.15) is 4.98 Å². The van der Waals surface area contributed by atoms with E-state index in [1.54, 1.807) is 0 Å². The lowest BCUT2D eigenvalue weighted by atomic mass is 9.95. The molecular weight excluding hydrogens is 430 g/mol. The summed E-state index contributed by atoms with van der Waals surface area (Å²) in [6.07, 6.45) is 3.32. The zero-order chi connectivity index (χ0) is 23.3. The van der Waals surface area contributed by atoms with Crippen LogP contribution in [0.1, 0.15) is 25.7 Å². The molecule has 2 saturated heterocycles. The van der Waals surface area contributed by atoms with Crippen molar-refractivity contribution in [2.24, 2.45) is 5.92 Å². The van der Waals surface area contributed by atoms with Crippen LogP contribution in [0.2, 0.25) is 0 Å². The van der Waals surface area contributed by atoms with Crippen LogP contribution in [-0.4, -0.2) is 60.5 Å². The second-order valence-corrected chi connectivity index (χ2v) is 9.20. The Hall–Kier alpha value is -3.39. The van der Waals surface area contributed by atoms with Crippen molar-refractivity contribution in [2.45, 2.75) is 31.7 Å². The molecule has 0 unspecified atom stereocenters. The molecule has 2 aliphatic rings. The number of carbonyl (C=O) groups excluding carboxylic acids is 2. The first-order chi connectivity index (χ1) is 16.6. The molecule has 2 fully saturated rings. The van der Waals surface area contributed by atoms with Crippen LogP contribution in [0.15, 0.2) is 59.0 Å². The van der Waals surface area contributed by atoms with E-state index in [1.807, 2.05) is 54.6 Å². The number of para-hydroxylation sites is 3. The summed E-state index contributed by atoms with van der Waals surface area (Å²) in [5.41, 5.74) is 2.47. The number of anilines is 2. The van der Waals surface area contributed by atoms with Crippen molar-refractivity contribution in [3.63, 3.8) is 0 Å². The molecule has 2 aromatic carbocycles. The molecule has 0 saturated carbocycles. The number of piperidine rings is 2. The van der Waals surface area contributed by atoms with Crippen LogP contribution in [0.3, 0.4) is 0 Å². The Morgan fingerprint density at radius 1 is 0.912 bits per heavy atom. The number of likely N-dealkylation sites (tertiary alicyclic amines) is 1. The fraction of sp³-hybridized carbons (Fsp3) is 0.423. The highest BCUT2D eigenvalue weighted by atomic mass is 16.4. The number of amides is 2. The van der Waals surface area contributed by atoms with E-state index in [1.165, 1.54) is 0 Å². The zero-order valence-corrected chi connectivity index (χ0v) is 19.3. The van der Waals surface area contributed by atoms with Gasteiger partial charge in [0.15, 0.2) is 5.58 Å². The van der Waals surface area contributed by atoms with E-state index >= 15 is 0 Å². The van der Waals surface area contributed by atoms with Gasteiger partial charge in [-0.3, -0.25) is 14.5 Å². The lowest BCUT2D eigenvalue weighted by Gasteiger charge is -2.34. The maximum Gasteiger partial charge on any atom is 0.298 e. The van der Waals surface area contributed by atoms with Gasteiger partial charge in [0, 0.05) is 43.8 Å². The molecule has 2 N–H and O–H groups in total. The number of benzene rings is 2. The monoisotopic (exact) mass is 461 g/mol. The van der Waals surface area contributed by atoms with E-state index in [2.05, 4.69) is 25.4 Å². The number of fused-ring (bicyclic) bond motifs is 1. The van der Waals surface area contributed by atoms with Gasteiger partial charge in [-0.25, -0.2) is 0 Å². The molecule has 5 rings (SSSR count). The number of aromatic nitrogens is 1. The van der Waals surface area contributed by atoms with E-state index in [9.17, 15) is 9.59 Å². The normalized spacial score (nSPS) is 18.2. The Labute approximate surface area is 199 Å². The predicted octanol–water partition coefficient (Wildman–Crippen LogP) is 3.26. The van der Waals surface area contributed by atoms with E-state index in [0.29, 0.717) is 12.6 Å². The SMILES string of the molecule is O=C(CN1CCC(NC(=O)C2CCN(c3nc4ccccc4o3)CC2)CC1)Nc1ccccc1. The molecule has 0 radical (unpaired) electrons. The summed E-state index contributed by atoms with van der Waals surface area (Å²) in [5.74, 6) is 0.173. The summed E-state index contributed by atoms with van der Waals surface area (Å²) in [7, 11) is 0. The lowest BCUT2D eigenvalue weighted by Crippen LogP contribution is -2.49. The molecule has 178 valence electrons. The van der Waals surface area contributed by atoms with Crippen LogP contribution < -0.4 is 15.5 Å². The third kappa shape index (κ3) is 5.39. The first-order valence-electron chi connectivity index (χ1n) is 12.1. The van der Waals surface area contributed by atoms with Crippen molar-refractivity contribution in [1.82, 2.24) is 15.2 Å². The van der Waals surface area contributed by atoms with Gasteiger partial charge in [-0.05, 0) is 49.9 Å². The minimum Gasteiger partial charge on any atom is -0.423 e. The number of nitrogens with one attached hydrogen (secondary N) is 2. The Morgan fingerprint density at radius 2 is 1.62 bits per heavy atom. The third-order valence-corrected chi connectivity index (χ3v) is 6.78. The zero-order valence-electron chi connectivity index (χ0n) is 19.3. The smallest absolute Gasteiger partial charge is 0.298 e. The fourth-order valence-corrected chi connectivity index (χ4v) is 4.81. The van der Waals surface area contributed by atoms with Gasteiger partial charge in [0.2, 0.25) is 11.8 Å². The van der Waals surface area contributed by atoms with E-state index in [0.717, 1.165) is 68.6 Å². The summed E-state index contributed by atoms with van der Waals surface area (Å²) in [4.78, 5) is 34.0. The quantitative estimate of drug-likeness (QED) is 0.586. The van der Waals surface area contributed by atoms with Crippen molar-refractivity contribution in [3.05, 3.63) is 54.6 Å². The summed E-state index contributed by atoms with van der Waals surface area (Å²) in [5, 5.41) is 6.19. The molecule has 0 bridgehead atoms. The molecule has 3 heterocycles. The molecule has 1 aromatic heterocycles. The van der Waals surface area contributed by atoms with Gasteiger partial charge < -0.3 is 20.0 Å². The van der Waals surface area contributed by atoms with E-state index < -0.39 is 0 Å². The molecule has 0 atom stereocenters. The van der Waals surface area contributed by atoms with Crippen LogP contribution in [0.4, 0.5) is 11.7 Å². The van der Waals surface area contributed by atoms with Crippen molar-refractivity contribution in [2.75, 3.05) is 42.9 Å². The Morgan fingerprint density at radius 3 is 2.35 bits per heavy atom. The van der Waals surface area contributed by atoms with Crippen molar-refractivity contribution in [3.8, 4) is 0 Å². The molecule has 3 aromatic rings. The second-order valence-electron chi connectivity index (χ2n) is 9.20. The third-order valence-electron chi connectivity index (χ3n) is 6.78. The fourth-order valence-electron chi connectivity index (χ4n) is 4.81. The van der Waals surface area contributed by atoms with Gasteiger partial charge in [0.25, 0.3) is 6.01 Å². The van der Waals surface area contributed by atoms with Crippen LogP contribution in [0, 0.1) is 5.92 Å². The Balaban J connectivity index is 1.03. The van der Waals surface area contributed by atoms with Crippen LogP contribution in [0.5, 0.6) is 0 Å². The van der Waals surface area contributed by atoms with Crippen molar-refractivity contribution >= 4 is 34.6 Å². The van der Waals surface area contributed by atoms with Gasteiger partial charge >= 0.3 is 0 Å². The van der Waals surface area contributed by atoms with Gasteiger partial charge in [-0.1, -0.05) is 30.3 Å². The molecule has 34 heavy (non-hydrogen) atoms. The van der Waals surface area contributed by atoms with Crippen LogP contribution >= 0.6 is 0 Å². The highest BCUT2D eigenvalue weighted by Crippen LogP contribution is 2.26. The highest BCUT2D eigenvalue weighted by Gasteiger charge is 2.29. The molecule has 0 spiro atoms. The maximum atomic E-state index is 12.9. The Kier molecular flexibility index (Phi) is 6.76. The molecule has 2 amide bonds. The van der Waals surface area contributed by atoms with Crippen molar-refractivity contribution < 1.29 is 14.0 Å². The summed E-state index contributed by atoms with van der Waals surface area (Å²) < 4.78 is 5.88. The minimum atomic E-state index is -0.000566. The van der Waals surface area contributed by atoms with E-state index in [-0.39, 0.29) is 23.8 Å². The average Bonchev–Trinajstić information content (AvgIpc) is 3.30. The summed E-state index contributed by atoms with van der Waals surface area (Å²) >= 11 is 0. The topological polar surface area (TPSA) is 90.7 Å². The molecular formula is C26H31N5O3. The summed E-state index contributed by atoms with van der Waals surface area (Å²) in [6.45, 7) is 3.52. The van der Waals surface area contributed by atoms with Gasteiger partial charge in [0.1, 0.15) is 5.52 Å². The number of hydrogen-bond acceptors (Lipinski definition) is 6. The van der Waals surface area contributed by atoms with Gasteiger partial charge in [-0.15, -0.1) is 0 Å². The average molecular weight is 462 g/mol. The molecule has 8 nitrogen and oxygen atoms in total. The maximum absolute atomic E-state index is 12.9. The minimum absolute atomic E-state index is 0.000566. The highest BCUT2D eigenvalue weighted by molar-refractivity contribution is 5.92. The number of carbonyl (C=O) groups is 2.